The Labute approximate surface area is 117 Å². The summed E-state index contributed by atoms with van der Waals surface area (Å²) in [5, 5.41) is 9.02. The SMILES string of the molecule is O=C(O)c1ccc(F)cc1COc1ccccc1Br. The highest BCUT2D eigenvalue weighted by Crippen LogP contribution is 2.25. The lowest BCUT2D eigenvalue weighted by Gasteiger charge is -2.10. The van der Waals surface area contributed by atoms with Crippen molar-refractivity contribution in [1.82, 2.24) is 0 Å². The van der Waals surface area contributed by atoms with E-state index in [4.69, 9.17) is 9.84 Å². The molecule has 2 aromatic rings. The van der Waals surface area contributed by atoms with Crippen molar-refractivity contribution in [2.24, 2.45) is 0 Å². The van der Waals surface area contributed by atoms with Crippen LogP contribution in [-0.4, -0.2) is 11.1 Å². The number of hydrogen-bond acceptors (Lipinski definition) is 2. The number of ether oxygens (including phenoxy) is 1. The second-order valence-electron chi connectivity index (χ2n) is 3.83. The second kappa shape index (κ2) is 5.84. The lowest BCUT2D eigenvalue weighted by molar-refractivity contribution is 0.0694. The predicted octanol–water partition coefficient (Wildman–Crippen LogP) is 3.87. The molecule has 0 aliphatic rings. The van der Waals surface area contributed by atoms with E-state index in [1.54, 1.807) is 18.2 Å². The summed E-state index contributed by atoms with van der Waals surface area (Å²) in [5.74, 6) is -1.02. The fourth-order valence-corrected chi connectivity index (χ4v) is 2.01. The first-order chi connectivity index (χ1) is 9.08. The molecular weight excluding hydrogens is 315 g/mol. The molecule has 2 aromatic carbocycles. The highest BCUT2D eigenvalue weighted by Gasteiger charge is 2.12. The zero-order valence-electron chi connectivity index (χ0n) is 9.77. The molecule has 0 saturated heterocycles. The zero-order valence-corrected chi connectivity index (χ0v) is 11.4. The molecule has 0 aliphatic carbocycles. The van der Waals surface area contributed by atoms with Crippen LogP contribution in [0.25, 0.3) is 0 Å². The van der Waals surface area contributed by atoms with Gasteiger partial charge in [-0.25, -0.2) is 9.18 Å². The minimum Gasteiger partial charge on any atom is -0.488 e. The van der Waals surface area contributed by atoms with Gasteiger partial charge < -0.3 is 9.84 Å². The van der Waals surface area contributed by atoms with Crippen molar-refractivity contribution in [3.8, 4) is 5.75 Å². The smallest absolute Gasteiger partial charge is 0.336 e. The summed E-state index contributed by atoms with van der Waals surface area (Å²) < 4.78 is 19.4. The molecule has 0 spiro atoms. The van der Waals surface area contributed by atoms with Gasteiger partial charge in [-0.15, -0.1) is 0 Å². The molecule has 2 rings (SSSR count). The second-order valence-corrected chi connectivity index (χ2v) is 4.68. The number of carboxylic acid groups (broad SMARTS) is 1. The molecule has 0 bridgehead atoms. The van der Waals surface area contributed by atoms with E-state index < -0.39 is 11.8 Å². The zero-order chi connectivity index (χ0) is 13.8. The molecule has 0 heterocycles. The van der Waals surface area contributed by atoms with Crippen LogP contribution in [0.1, 0.15) is 15.9 Å². The van der Waals surface area contributed by atoms with Gasteiger partial charge in [0, 0.05) is 5.56 Å². The third-order valence-corrected chi connectivity index (χ3v) is 3.17. The van der Waals surface area contributed by atoms with E-state index >= 15 is 0 Å². The maximum absolute atomic E-state index is 13.2. The predicted molar refractivity (Wildman–Crippen MR) is 71.8 cm³/mol. The molecule has 3 nitrogen and oxygen atoms in total. The Kier molecular flexibility index (Phi) is 4.16. The third kappa shape index (κ3) is 3.32. The van der Waals surface area contributed by atoms with Crippen molar-refractivity contribution in [2.45, 2.75) is 6.61 Å². The Morgan fingerprint density at radius 3 is 2.68 bits per heavy atom. The molecule has 0 unspecified atom stereocenters. The van der Waals surface area contributed by atoms with E-state index in [1.165, 1.54) is 12.1 Å². The molecule has 0 saturated carbocycles. The number of para-hydroxylation sites is 1. The lowest BCUT2D eigenvalue weighted by Crippen LogP contribution is -2.06. The fraction of sp³-hybridized carbons (Fsp3) is 0.0714. The number of rotatable bonds is 4. The van der Waals surface area contributed by atoms with Crippen LogP contribution >= 0.6 is 15.9 Å². The fourth-order valence-electron chi connectivity index (χ4n) is 1.61. The molecule has 1 N–H and O–H groups in total. The summed E-state index contributed by atoms with van der Waals surface area (Å²) in [6.45, 7) is -0.0119. The van der Waals surface area contributed by atoms with Gasteiger partial charge in [0.05, 0.1) is 10.0 Å². The Hall–Kier alpha value is -1.88. The molecule has 0 aromatic heterocycles. The van der Waals surface area contributed by atoms with Crippen molar-refractivity contribution in [2.75, 3.05) is 0 Å². The topological polar surface area (TPSA) is 46.5 Å². The van der Waals surface area contributed by atoms with Crippen LogP contribution in [-0.2, 0) is 6.61 Å². The summed E-state index contributed by atoms with van der Waals surface area (Å²) in [4.78, 5) is 11.0. The van der Waals surface area contributed by atoms with Crippen molar-refractivity contribution in [1.29, 1.82) is 0 Å². The monoisotopic (exact) mass is 324 g/mol. The normalized spacial score (nSPS) is 10.2. The number of halogens is 2. The molecule has 0 atom stereocenters. The number of carboxylic acids is 1. The van der Waals surface area contributed by atoms with Crippen LogP contribution in [0.15, 0.2) is 46.9 Å². The molecule has 0 amide bonds. The maximum Gasteiger partial charge on any atom is 0.336 e. The van der Waals surface area contributed by atoms with E-state index in [-0.39, 0.29) is 12.2 Å². The highest BCUT2D eigenvalue weighted by atomic mass is 79.9. The standard InChI is InChI=1S/C14H10BrFO3/c15-12-3-1-2-4-13(12)19-8-9-7-10(16)5-6-11(9)14(17)18/h1-7H,8H2,(H,17,18). The Balaban J connectivity index is 2.22. The van der Waals surface area contributed by atoms with Crippen LogP contribution in [0.2, 0.25) is 0 Å². The quantitative estimate of drug-likeness (QED) is 0.928. The first kappa shape index (κ1) is 13.5. The Bertz CT molecular complexity index is 613. The molecule has 0 aliphatic heterocycles. The highest BCUT2D eigenvalue weighted by molar-refractivity contribution is 9.10. The average Bonchev–Trinajstić information content (AvgIpc) is 2.37. The van der Waals surface area contributed by atoms with Gasteiger partial charge in [-0.05, 0) is 46.3 Å². The molecule has 98 valence electrons. The van der Waals surface area contributed by atoms with Crippen molar-refractivity contribution in [3.05, 3.63) is 63.9 Å². The number of carbonyl (C=O) groups is 1. The van der Waals surface area contributed by atoms with Crippen molar-refractivity contribution in [3.63, 3.8) is 0 Å². The number of aromatic carboxylic acids is 1. The number of benzene rings is 2. The first-order valence-electron chi connectivity index (χ1n) is 5.47. The summed E-state index contributed by atoms with van der Waals surface area (Å²) in [7, 11) is 0. The van der Waals surface area contributed by atoms with E-state index in [2.05, 4.69) is 15.9 Å². The van der Waals surface area contributed by atoms with Crippen LogP contribution < -0.4 is 4.74 Å². The maximum atomic E-state index is 13.2. The van der Waals surface area contributed by atoms with Gasteiger partial charge in [-0.3, -0.25) is 0 Å². The van der Waals surface area contributed by atoms with Gasteiger partial charge in [0.25, 0.3) is 0 Å². The summed E-state index contributed by atoms with van der Waals surface area (Å²) >= 11 is 3.32. The van der Waals surface area contributed by atoms with Gasteiger partial charge in [-0.1, -0.05) is 12.1 Å². The van der Waals surface area contributed by atoms with E-state index in [1.807, 2.05) is 6.07 Å². The third-order valence-electron chi connectivity index (χ3n) is 2.52. The van der Waals surface area contributed by atoms with Crippen LogP contribution in [0.3, 0.4) is 0 Å². The van der Waals surface area contributed by atoms with E-state index in [9.17, 15) is 9.18 Å². The van der Waals surface area contributed by atoms with Gasteiger partial charge in [0.1, 0.15) is 18.2 Å². The van der Waals surface area contributed by atoms with Crippen LogP contribution in [0.4, 0.5) is 4.39 Å². The molecule has 0 radical (unpaired) electrons. The lowest BCUT2D eigenvalue weighted by atomic mass is 10.1. The Morgan fingerprint density at radius 1 is 1.26 bits per heavy atom. The van der Waals surface area contributed by atoms with Crippen molar-refractivity contribution < 1.29 is 19.0 Å². The van der Waals surface area contributed by atoms with Crippen molar-refractivity contribution >= 4 is 21.9 Å². The molecule has 5 heteroatoms. The summed E-state index contributed by atoms with van der Waals surface area (Å²) in [6, 6.07) is 10.7. The van der Waals surface area contributed by atoms with E-state index in [0.717, 1.165) is 10.5 Å². The molecule has 0 fully saturated rings. The van der Waals surface area contributed by atoms with Gasteiger partial charge in [0.2, 0.25) is 0 Å². The minimum atomic E-state index is -1.11. The summed E-state index contributed by atoms with van der Waals surface area (Å²) in [5.41, 5.74) is 0.330. The first-order valence-corrected chi connectivity index (χ1v) is 6.26. The van der Waals surface area contributed by atoms with Gasteiger partial charge in [0.15, 0.2) is 0 Å². The molecule has 19 heavy (non-hydrogen) atoms. The Morgan fingerprint density at radius 2 is 2.00 bits per heavy atom. The van der Waals surface area contributed by atoms with E-state index in [0.29, 0.717) is 11.3 Å². The summed E-state index contributed by atoms with van der Waals surface area (Å²) in [6.07, 6.45) is 0. The number of hydrogen-bond donors (Lipinski definition) is 1. The van der Waals surface area contributed by atoms with Gasteiger partial charge >= 0.3 is 5.97 Å². The minimum absolute atomic E-state index is 0.0119. The molecular formula is C14H10BrFO3. The largest absolute Gasteiger partial charge is 0.488 e. The van der Waals surface area contributed by atoms with Gasteiger partial charge in [-0.2, -0.15) is 0 Å². The average molecular weight is 325 g/mol. The van der Waals surface area contributed by atoms with Crippen LogP contribution in [0.5, 0.6) is 5.75 Å². The van der Waals surface area contributed by atoms with Crippen LogP contribution in [0, 0.1) is 5.82 Å².